The SMILES string of the molecule is N=C(N)c1ccc(N2CCCOCC2)nc1. The first-order chi connectivity index (χ1) is 7.77. The molecular formula is C11H16N4O. The van der Waals surface area contributed by atoms with Gasteiger partial charge < -0.3 is 15.4 Å². The first kappa shape index (κ1) is 10.9. The van der Waals surface area contributed by atoms with Gasteiger partial charge in [-0.15, -0.1) is 0 Å². The van der Waals surface area contributed by atoms with Crippen LogP contribution in [0.2, 0.25) is 0 Å². The predicted molar refractivity (Wildman–Crippen MR) is 62.9 cm³/mol. The van der Waals surface area contributed by atoms with E-state index in [4.69, 9.17) is 15.9 Å². The Bertz CT molecular complexity index is 355. The summed E-state index contributed by atoms with van der Waals surface area (Å²) in [5.41, 5.74) is 6.04. The third kappa shape index (κ3) is 2.49. The number of nitrogen functional groups attached to an aromatic ring is 1. The lowest BCUT2D eigenvalue weighted by Gasteiger charge is -2.20. The van der Waals surface area contributed by atoms with E-state index in [0.717, 1.165) is 38.5 Å². The smallest absolute Gasteiger partial charge is 0.128 e. The molecule has 0 radical (unpaired) electrons. The van der Waals surface area contributed by atoms with Crippen molar-refractivity contribution in [2.75, 3.05) is 31.2 Å². The highest BCUT2D eigenvalue weighted by atomic mass is 16.5. The first-order valence-corrected chi connectivity index (χ1v) is 5.40. The molecule has 16 heavy (non-hydrogen) atoms. The van der Waals surface area contributed by atoms with Gasteiger partial charge in [0, 0.05) is 31.5 Å². The molecule has 2 rings (SSSR count). The lowest BCUT2D eigenvalue weighted by Crippen LogP contribution is -2.26. The molecule has 0 unspecified atom stereocenters. The standard InChI is InChI=1S/C11H16N4O/c12-11(13)9-2-3-10(14-8-9)15-4-1-6-16-7-5-15/h2-3,8H,1,4-7H2,(H3,12,13). The van der Waals surface area contributed by atoms with Crippen LogP contribution in [-0.4, -0.2) is 37.1 Å². The molecule has 1 fully saturated rings. The van der Waals surface area contributed by atoms with Crippen LogP contribution in [0.4, 0.5) is 5.82 Å². The molecule has 0 spiro atoms. The number of anilines is 1. The van der Waals surface area contributed by atoms with E-state index in [2.05, 4.69) is 9.88 Å². The van der Waals surface area contributed by atoms with E-state index in [9.17, 15) is 0 Å². The van der Waals surface area contributed by atoms with Gasteiger partial charge in [-0.2, -0.15) is 0 Å². The third-order valence-corrected chi connectivity index (χ3v) is 2.61. The second-order valence-electron chi connectivity index (χ2n) is 3.77. The van der Waals surface area contributed by atoms with Crippen LogP contribution >= 0.6 is 0 Å². The number of nitrogens with zero attached hydrogens (tertiary/aromatic N) is 2. The lowest BCUT2D eigenvalue weighted by atomic mass is 10.2. The van der Waals surface area contributed by atoms with Crippen molar-refractivity contribution in [3.05, 3.63) is 23.9 Å². The second-order valence-corrected chi connectivity index (χ2v) is 3.77. The fourth-order valence-corrected chi connectivity index (χ4v) is 1.71. The maximum Gasteiger partial charge on any atom is 0.128 e. The summed E-state index contributed by atoms with van der Waals surface area (Å²) < 4.78 is 5.38. The van der Waals surface area contributed by atoms with Crippen molar-refractivity contribution in [2.45, 2.75) is 6.42 Å². The van der Waals surface area contributed by atoms with Crippen molar-refractivity contribution in [1.82, 2.24) is 4.98 Å². The Labute approximate surface area is 94.7 Å². The minimum atomic E-state index is 0.0539. The molecule has 3 N–H and O–H groups in total. The Balaban J connectivity index is 2.10. The van der Waals surface area contributed by atoms with Crippen molar-refractivity contribution in [3.8, 4) is 0 Å². The molecule has 1 aromatic heterocycles. The fourth-order valence-electron chi connectivity index (χ4n) is 1.71. The molecular weight excluding hydrogens is 204 g/mol. The van der Waals surface area contributed by atoms with Crippen LogP contribution in [0, 0.1) is 5.41 Å². The summed E-state index contributed by atoms with van der Waals surface area (Å²) in [5.74, 6) is 0.980. The van der Waals surface area contributed by atoms with Gasteiger partial charge in [-0.25, -0.2) is 4.98 Å². The van der Waals surface area contributed by atoms with Crippen LogP contribution in [-0.2, 0) is 4.74 Å². The summed E-state index contributed by atoms with van der Waals surface area (Å²) in [6, 6.07) is 3.73. The van der Waals surface area contributed by atoms with Crippen molar-refractivity contribution in [1.29, 1.82) is 5.41 Å². The van der Waals surface area contributed by atoms with Gasteiger partial charge in [-0.1, -0.05) is 0 Å². The maximum atomic E-state index is 7.29. The molecule has 86 valence electrons. The Kier molecular flexibility index (Phi) is 3.36. The summed E-state index contributed by atoms with van der Waals surface area (Å²) in [7, 11) is 0. The molecule has 0 aliphatic carbocycles. The molecule has 0 amide bonds. The van der Waals surface area contributed by atoms with Crippen LogP contribution in [0.3, 0.4) is 0 Å². The molecule has 0 saturated carbocycles. The van der Waals surface area contributed by atoms with Crippen LogP contribution < -0.4 is 10.6 Å². The molecule has 0 atom stereocenters. The summed E-state index contributed by atoms with van der Waals surface area (Å²) in [6.45, 7) is 3.40. The number of amidine groups is 1. The van der Waals surface area contributed by atoms with Gasteiger partial charge in [0.15, 0.2) is 0 Å². The molecule has 5 nitrogen and oxygen atoms in total. The van der Waals surface area contributed by atoms with Crippen LogP contribution in [0.15, 0.2) is 18.3 Å². The average Bonchev–Trinajstić information content (AvgIpc) is 2.57. The molecule has 5 heteroatoms. The molecule has 1 aliphatic heterocycles. The van der Waals surface area contributed by atoms with Gasteiger partial charge in [-0.3, -0.25) is 5.41 Å². The molecule has 1 saturated heterocycles. The van der Waals surface area contributed by atoms with Gasteiger partial charge in [0.25, 0.3) is 0 Å². The Hall–Kier alpha value is -1.62. The van der Waals surface area contributed by atoms with Crippen molar-refractivity contribution in [3.63, 3.8) is 0 Å². The molecule has 2 heterocycles. The van der Waals surface area contributed by atoms with E-state index in [1.54, 1.807) is 6.20 Å². The fraction of sp³-hybridized carbons (Fsp3) is 0.455. The summed E-state index contributed by atoms with van der Waals surface area (Å²) in [4.78, 5) is 6.51. The van der Waals surface area contributed by atoms with Gasteiger partial charge in [-0.05, 0) is 18.6 Å². The Morgan fingerprint density at radius 1 is 1.38 bits per heavy atom. The number of nitrogens with two attached hydrogens (primary N) is 1. The lowest BCUT2D eigenvalue weighted by molar-refractivity contribution is 0.152. The van der Waals surface area contributed by atoms with Crippen molar-refractivity contribution < 1.29 is 4.74 Å². The number of ether oxygens (including phenoxy) is 1. The van der Waals surface area contributed by atoms with Crippen LogP contribution in [0.25, 0.3) is 0 Å². The zero-order chi connectivity index (χ0) is 11.4. The van der Waals surface area contributed by atoms with Gasteiger partial charge >= 0.3 is 0 Å². The maximum absolute atomic E-state index is 7.29. The van der Waals surface area contributed by atoms with Gasteiger partial charge in [0.2, 0.25) is 0 Å². The minimum absolute atomic E-state index is 0.0539. The highest BCUT2D eigenvalue weighted by Crippen LogP contribution is 2.13. The average molecular weight is 220 g/mol. The first-order valence-electron chi connectivity index (χ1n) is 5.40. The van der Waals surface area contributed by atoms with E-state index in [0.29, 0.717) is 5.56 Å². The Morgan fingerprint density at radius 2 is 2.25 bits per heavy atom. The van der Waals surface area contributed by atoms with Crippen LogP contribution in [0.1, 0.15) is 12.0 Å². The number of hydrogen-bond acceptors (Lipinski definition) is 4. The van der Waals surface area contributed by atoms with Crippen molar-refractivity contribution in [2.24, 2.45) is 5.73 Å². The van der Waals surface area contributed by atoms with E-state index >= 15 is 0 Å². The summed E-state index contributed by atoms with van der Waals surface area (Å²) >= 11 is 0. The number of pyridine rings is 1. The number of rotatable bonds is 2. The number of nitrogens with one attached hydrogen (secondary N) is 1. The highest BCUT2D eigenvalue weighted by molar-refractivity contribution is 5.94. The quantitative estimate of drug-likeness (QED) is 0.565. The highest BCUT2D eigenvalue weighted by Gasteiger charge is 2.10. The zero-order valence-electron chi connectivity index (χ0n) is 9.15. The topological polar surface area (TPSA) is 75.2 Å². The molecule has 1 aromatic rings. The van der Waals surface area contributed by atoms with E-state index in [-0.39, 0.29) is 5.84 Å². The monoisotopic (exact) mass is 220 g/mol. The molecule has 1 aliphatic rings. The molecule has 0 aromatic carbocycles. The summed E-state index contributed by atoms with van der Waals surface area (Å²) in [6.07, 6.45) is 2.67. The Morgan fingerprint density at radius 3 is 2.94 bits per heavy atom. The predicted octanol–water partition coefficient (Wildman–Crippen LogP) is 0.592. The minimum Gasteiger partial charge on any atom is -0.384 e. The number of aromatic nitrogens is 1. The van der Waals surface area contributed by atoms with Crippen LogP contribution in [0.5, 0.6) is 0 Å². The van der Waals surface area contributed by atoms with Gasteiger partial charge in [0.1, 0.15) is 11.7 Å². The number of hydrogen-bond donors (Lipinski definition) is 2. The second kappa shape index (κ2) is 4.94. The third-order valence-electron chi connectivity index (χ3n) is 2.61. The summed E-state index contributed by atoms with van der Waals surface area (Å²) in [5, 5.41) is 7.29. The van der Waals surface area contributed by atoms with E-state index in [1.165, 1.54) is 0 Å². The van der Waals surface area contributed by atoms with Crippen molar-refractivity contribution >= 4 is 11.7 Å². The van der Waals surface area contributed by atoms with E-state index in [1.807, 2.05) is 12.1 Å². The normalized spacial score (nSPS) is 16.9. The van der Waals surface area contributed by atoms with Gasteiger partial charge in [0.05, 0.1) is 6.61 Å². The zero-order valence-corrected chi connectivity index (χ0v) is 9.15. The van der Waals surface area contributed by atoms with E-state index < -0.39 is 0 Å². The molecule has 0 bridgehead atoms. The largest absolute Gasteiger partial charge is 0.384 e.